The summed E-state index contributed by atoms with van der Waals surface area (Å²) in [4.78, 5) is 13.8. The van der Waals surface area contributed by atoms with Gasteiger partial charge in [-0.05, 0) is 44.5 Å². The first-order chi connectivity index (χ1) is 10.0. The molecule has 1 heterocycles. The molecule has 1 aromatic carbocycles. The Morgan fingerprint density at radius 2 is 2.10 bits per heavy atom. The number of carbonyl (C=O) groups excluding carboxylic acids is 1. The van der Waals surface area contributed by atoms with Crippen LogP contribution in [0.5, 0.6) is 0 Å². The molecule has 1 aromatic heterocycles. The second-order valence-corrected chi connectivity index (χ2v) is 5.05. The largest absolute Gasteiger partial charge is 0.454 e. The number of benzene rings is 1. The predicted molar refractivity (Wildman–Crippen MR) is 83.0 cm³/mol. The number of anilines is 1. The van der Waals surface area contributed by atoms with Gasteiger partial charge in [0.1, 0.15) is 5.76 Å². The number of carbonyl (C=O) groups is 1. The van der Waals surface area contributed by atoms with E-state index in [4.69, 9.17) is 10.3 Å². The maximum Gasteiger partial charge on any atom is 0.301 e. The molecule has 3 N–H and O–H groups in total. The molecule has 0 saturated heterocycles. The molecular weight excluding hydrogens is 266 g/mol. The van der Waals surface area contributed by atoms with Crippen molar-refractivity contribution in [2.24, 2.45) is 5.84 Å². The van der Waals surface area contributed by atoms with Crippen LogP contribution >= 0.6 is 0 Å². The van der Waals surface area contributed by atoms with Crippen LogP contribution in [0.2, 0.25) is 0 Å². The van der Waals surface area contributed by atoms with Gasteiger partial charge in [0.2, 0.25) is 0 Å². The summed E-state index contributed by atoms with van der Waals surface area (Å²) in [5.41, 5.74) is 5.23. The van der Waals surface area contributed by atoms with Crippen molar-refractivity contribution < 1.29 is 9.21 Å². The summed E-state index contributed by atoms with van der Waals surface area (Å²) >= 11 is 0. The molecule has 1 amide bonds. The molecule has 0 bridgehead atoms. The Balaban J connectivity index is 2.21. The van der Waals surface area contributed by atoms with Gasteiger partial charge in [-0.15, -0.1) is 0 Å². The van der Waals surface area contributed by atoms with E-state index in [9.17, 15) is 4.79 Å². The number of rotatable bonds is 5. The minimum Gasteiger partial charge on any atom is -0.454 e. The van der Waals surface area contributed by atoms with Crippen LogP contribution in [0, 0.1) is 13.8 Å². The van der Waals surface area contributed by atoms with Gasteiger partial charge < -0.3 is 9.32 Å². The van der Waals surface area contributed by atoms with Crippen molar-refractivity contribution in [2.45, 2.75) is 27.3 Å². The Hall–Kier alpha value is -2.27. The molecule has 0 aliphatic heterocycles. The number of hydrogen-bond acceptors (Lipinski definition) is 4. The van der Waals surface area contributed by atoms with Crippen molar-refractivity contribution in [3.8, 4) is 0 Å². The van der Waals surface area contributed by atoms with Gasteiger partial charge in [0.15, 0.2) is 5.76 Å². The Morgan fingerprint density at radius 3 is 2.71 bits per heavy atom. The lowest BCUT2D eigenvalue weighted by Gasteiger charge is -2.22. The highest BCUT2D eigenvalue weighted by atomic mass is 16.4. The number of aryl methyl sites for hydroxylation is 2. The van der Waals surface area contributed by atoms with Gasteiger partial charge in [-0.2, -0.15) is 0 Å². The van der Waals surface area contributed by atoms with E-state index in [1.807, 2.05) is 19.1 Å². The lowest BCUT2D eigenvalue weighted by atomic mass is 10.2. The smallest absolute Gasteiger partial charge is 0.301 e. The van der Waals surface area contributed by atoms with Crippen molar-refractivity contribution in [1.82, 2.24) is 5.43 Å². The fraction of sp³-hybridized carbons (Fsp3) is 0.312. The molecule has 0 aliphatic rings. The topological polar surface area (TPSA) is 71.5 Å². The highest BCUT2D eigenvalue weighted by Gasteiger charge is 2.16. The predicted octanol–water partition coefficient (Wildman–Crippen LogP) is 2.53. The Morgan fingerprint density at radius 1 is 1.33 bits per heavy atom. The molecule has 2 aromatic rings. The molecule has 0 atom stereocenters. The molecule has 21 heavy (non-hydrogen) atoms. The molecule has 2 rings (SSSR count). The molecule has 0 saturated carbocycles. The summed E-state index contributed by atoms with van der Waals surface area (Å²) < 4.78 is 5.62. The fourth-order valence-electron chi connectivity index (χ4n) is 2.32. The van der Waals surface area contributed by atoms with E-state index in [1.54, 1.807) is 0 Å². The molecule has 0 fully saturated rings. The summed E-state index contributed by atoms with van der Waals surface area (Å²) in [6, 6.07) is 10.2. The van der Waals surface area contributed by atoms with Crippen LogP contribution in [0.25, 0.3) is 0 Å². The number of furan rings is 1. The van der Waals surface area contributed by atoms with Gasteiger partial charge in [-0.1, -0.05) is 12.1 Å². The molecule has 0 radical (unpaired) electrons. The fourth-order valence-corrected chi connectivity index (χ4v) is 2.32. The van der Waals surface area contributed by atoms with E-state index in [1.165, 1.54) is 5.56 Å². The summed E-state index contributed by atoms with van der Waals surface area (Å²) in [7, 11) is 0. The highest BCUT2D eigenvalue weighted by Crippen LogP contribution is 2.21. The molecule has 0 spiro atoms. The van der Waals surface area contributed by atoms with Crippen LogP contribution in [0.3, 0.4) is 0 Å². The maximum atomic E-state index is 11.6. The summed E-state index contributed by atoms with van der Waals surface area (Å²) in [5, 5.41) is 0. The van der Waals surface area contributed by atoms with Crippen LogP contribution in [0.1, 0.15) is 34.4 Å². The quantitative estimate of drug-likeness (QED) is 0.503. The van der Waals surface area contributed by atoms with Crippen LogP contribution in [-0.4, -0.2) is 12.5 Å². The van der Waals surface area contributed by atoms with Crippen LogP contribution < -0.4 is 16.2 Å². The van der Waals surface area contributed by atoms with Crippen molar-refractivity contribution in [3.05, 3.63) is 53.0 Å². The molecular formula is C16H21N3O2. The van der Waals surface area contributed by atoms with Gasteiger partial charge in [-0.25, -0.2) is 5.84 Å². The lowest BCUT2D eigenvalue weighted by Crippen LogP contribution is -2.30. The van der Waals surface area contributed by atoms with Crippen molar-refractivity contribution in [3.63, 3.8) is 0 Å². The van der Waals surface area contributed by atoms with E-state index in [0.717, 1.165) is 23.6 Å². The van der Waals surface area contributed by atoms with E-state index in [0.29, 0.717) is 6.54 Å². The Labute approximate surface area is 124 Å². The van der Waals surface area contributed by atoms with Gasteiger partial charge in [0.05, 0.1) is 6.54 Å². The maximum absolute atomic E-state index is 11.6. The number of nitrogens with zero attached hydrogens (tertiary/aromatic N) is 1. The number of nitrogen functional groups attached to an aromatic ring is 1. The van der Waals surface area contributed by atoms with E-state index >= 15 is 0 Å². The van der Waals surface area contributed by atoms with Gasteiger partial charge in [-0.3, -0.25) is 10.2 Å². The number of amides is 1. The lowest BCUT2D eigenvalue weighted by molar-refractivity contribution is 0.0923. The van der Waals surface area contributed by atoms with E-state index < -0.39 is 5.91 Å². The van der Waals surface area contributed by atoms with Crippen molar-refractivity contribution >= 4 is 11.6 Å². The van der Waals surface area contributed by atoms with Crippen LogP contribution in [-0.2, 0) is 6.54 Å². The number of hydrogen-bond donors (Lipinski definition) is 2. The van der Waals surface area contributed by atoms with Crippen LogP contribution in [0.15, 0.2) is 34.7 Å². The van der Waals surface area contributed by atoms with Crippen molar-refractivity contribution in [1.29, 1.82) is 0 Å². The first kappa shape index (κ1) is 15.1. The highest BCUT2D eigenvalue weighted by molar-refractivity contribution is 5.92. The number of hydrazine groups is 1. The summed E-state index contributed by atoms with van der Waals surface area (Å²) in [5.74, 6) is 5.76. The van der Waals surface area contributed by atoms with Gasteiger partial charge in [0.25, 0.3) is 0 Å². The third-order valence-electron chi connectivity index (χ3n) is 3.40. The summed E-state index contributed by atoms with van der Waals surface area (Å²) in [6.07, 6.45) is 0. The second-order valence-electron chi connectivity index (χ2n) is 5.05. The van der Waals surface area contributed by atoms with Gasteiger partial charge in [0, 0.05) is 17.8 Å². The SMILES string of the molecule is CCN(Cc1cc(C)c(C(=O)NN)o1)c1cccc(C)c1. The van der Waals surface area contributed by atoms with Crippen molar-refractivity contribution in [2.75, 3.05) is 11.4 Å². The number of nitrogens with two attached hydrogens (primary N) is 1. The first-order valence-electron chi connectivity index (χ1n) is 6.97. The van der Waals surface area contributed by atoms with Gasteiger partial charge >= 0.3 is 5.91 Å². The summed E-state index contributed by atoms with van der Waals surface area (Å²) in [6.45, 7) is 7.45. The monoisotopic (exact) mass is 287 g/mol. The zero-order chi connectivity index (χ0) is 15.4. The molecule has 112 valence electrons. The second kappa shape index (κ2) is 6.45. The molecule has 5 heteroatoms. The van der Waals surface area contributed by atoms with E-state index in [-0.39, 0.29) is 5.76 Å². The third-order valence-corrected chi connectivity index (χ3v) is 3.40. The Kier molecular flexibility index (Phi) is 4.65. The van der Waals surface area contributed by atoms with E-state index in [2.05, 4.69) is 42.4 Å². The zero-order valence-corrected chi connectivity index (χ0v) is 12.6. The minimum absolute atomic E-state index is 0.271. The molecule has 0 unspecified atom stereocenters. The zero-order valence-electron chi connectivity index (χ0n) is 12.6. The van der Waals surface area contributed by atoms with Crippen LogP contribution in [0.4, 0.5) is 5.69 Å². The number of nitrogens with one attached hydrogen (secondary N) is 1. The third kappa shape index (κ3) is 3.44. The first-order valence-corrected chi connectivity index (χ1v) is 6.97. The normalized spacial score (nSPS) is 10.5. The standard InChI is InChI=1S/C16H21N3O2/c1-4-19(13-7-5-6-11(2)8-13)10-14-9-12(3)15(21-14)16(20)18-17/h5-9H,4,10,17H2,1-3H3,(H,18,20). The average Bonchev–Trinajstić information content (AvgIpc) is 2.84. The minimum atomic E-state index is -0.405. The molecule has 0 aliphatic carbocycles. The molecule has 5 nitrogen and oxygen atoms in total. The average molecular weight is 287 g/mol. The Bertz CT molecular complexity index is 634.